The molecule has 1 atom stereocenters. The molecule has 1 heteroatoms. The van der Waals surface area contributed by atoms with E-state index in [-0.39, 0.29) is 0 Å². The van der Waals surface area contributed by atoms with Gasteiger partial charge in [-0.25, -0.2) is 0 Å². The summed E-state index contributed by atoms with van der Waals surface area (Å²) in [7, 11) is 0. The van der Waals surface area contributed by atoms with Crippen molar-refractivity contribution in [1.29, 1.82) is 0 Å². The topological polar surface area (TPSA) is 12.0 Å². The summed E-state index contributed by atoms with van der Waals surface area (Å²) in [6.45, 7) is 7.15. The number of hydrogen-bond donors (Lipinski definition) is 1. The lowest BCUT2D eigenvalue weighted by Gasteiger charge is -2.17. The Morgan fingerprint density at radius 1 is 1.30 bits per heavy atom. The Morgan fingerprint density at radius 2 is 2.10 bits per heavy atom. The summed E-state index contributed by atoms with van der Waals surface area (Å²) in [6, 6.07) is 0. The van der Waals surface area contributed by atoms with Gasteiger partial charge in [0.25, 0.3) is 0 Å². The molecule has 0 unspecified atom stereocenters. The second-order valence-electron chi connectivity index (χ2n) is 3.70. The summed E-state index contributed by atoms with van der Waals surface area (Å²) in [6.07, 6.45) is 4.24. The van der Waals surface area contributed by atoms with Crippen molar-refractivity contribution in [3.8, 4) is 0 Å². The number of hydrogen-bond acceptors (Lipinski definition) is 1. The molecule has 0 bridgehead atoms. The van der Waals surface area contributed by atoms with Crippen LogP contribution >= 0.6 is 0 Å². The summed E-state index contributed by atoms with van der Waals surface area (Å²) in [4.78, 5) is 0. The van der Waals surface area contributed by atoms with Crippen molar-refractivity contribution in [1.82, 2.24) is 5.32 Å². The number of nitrogens with one attached hydrogen (secondary N) is 1. The predicted molar refractivity (Wildman–Crippen MR) is 45.0 cm³/mol. The van der Waals surface area contributed by atoms with Crippen molar-refractivity contribution < 1.29 is 0 Å². The Morgan fingerprint density at radius 3 is 2.80 bits per heavy atom. The van der Waals surface area contributed by atoms with Crippen molar-refractivity contribution in [2.75, 3.05) is 13.1 Å². The zero-order chi connectivity index (χ0) is 7.40. The van der Waals surface area contributed by atoms with E-state index in [0.29, 0.717) is 0 Å². The van der Waals surface area contributed by atoms with E-state index in [0.717, 1.165) is 11.8 Å². The summed E-state index contributed by atoms with van der Waals surface area (Å²) in [5.41, 5.74) is 0. The molecule has 1 rings (SSSR count). The van der Waals surface area contributed by atoms with E-state index in [1.54, 1.807) is 0 Å². The van der Waals surface area contributed by atoms with E-state index in [4.69, 9.17) is 0 Å². The lowest BCUT2D eigenvalue weighted by molar-refractivity contribution is 0.359. The van der Waals surface area contributed by atoms with E-state index < -0.39 is 0 Å². The highest BCUT2D eigenvalue weighted by Crippen LogP contribution is 2.18. The highest BCUT2D eigenvalue weighted by Gasteiger charge is 2.14. The van der Waals surface area contributed by atoms with E-state index in [1.165, 1.54) is 32.4 Å². The molecule has 1 N–H and O–H groups in total. The fraction of sp³-hybridized carbons (Fsp3) is 1.00. The van der Waals surface area contributed by atoms with Gasteiger partial charge < -0.3 is 5.32 Å². The molecule has 1 heterocycles. The van der Waals surface area contributed by atoms with Crippen LogP contribution in [0.25, 0.3) is 0 Å². The minimum absolute atomic E-state index is 0.866. The minimum Gasteiger partial charge on any atom is -0.316 e. The third kappa shape index (κ3) is 2.30. The van der Waals surface area contributed by atoms with Crippen molar-refractivity contribution in [2.45, 2.75) is 33.1 Å². The van der Waals surface area contributed by atoms with Crippen LogP contribution in [0.15, 0.2) is 0 Å². The summed E-state index contributed by atoms with van der Waals surface area (Å²) in [5.74, 6) is 1.80. The van der Waals surface area contributed by atoms with Crippen LogP contribution < -0.4 is 5.32 Å². The Bertz CT molecular complexity index is 80.7. The summed E-state index contributed by atoms with van der Waals surface area (Å²) >= 11 is 0. The molecular formula is C9H19N. The zero-order valence-corrected chi connectivity index (χ0v) is 7.19. The van der Waals surface area contributed by atoms with Crippen LogP contribution in [-0.4, -0.2) is 13.1 Å². The molecule has 0 aliphatic carbocycles. The van der Waals surface area contributed by atoms with Crippen LogP contribution in [0.4, 0.5) is 0 Å². The Hall–Kier alpha value is -0.0400. The highest BCUT2D eigenvalue weighted by atomic mass is 14.9. The lowest BCUT2D eigenvalue weighted by atomic mass is 9.92. The van der Waals surface area contributed by atoms with Crippen LogP contribution in [0.5, 0.6) is 0 Å². The summed E-state index contributed by atoms with van der Waals surface area (Å²) in [5, 5.41) is 3.48. The van der Waals surface area contributed by atoms with Crippen LogP contribution in [-0.2, 0) is 0 Å². The van der Waals surface area contributed by atoms with Gasteiger partial charge in [0.15, 0.2) is 0 Å². The van der Waals surface area contributed by atoms with Crippen molar-refractivity contribution in [2.24, 2.45) is 11.8 Å². The molecule has 10 heavy (non-hydrogen) atoms. The van der Waals surface area contributed by atoms with E-state index >= 15 is 0 Å². The molecule has 1 nitrogen and oxygen atoms in total. The lowest BCUT2D eigenvalue weighted by Crippen LogP contribution is -2.23. The molecule has 0 aromatic rings. The predicted octanol–water partition coefficient (Wildman–Crippen LogP) is 2.03. The SMILES string of the molecule is CC(C)[C@@H]1CCCCNC1. The monoisotopic (exact) mass is 141 g/mol. The first-order chi connectivity index (χ1) is 4.80. The fourth-order valence-electron chi connectivity index (χ4n) is 1.62. The normalized spacial score (nSPS) is 28.5. The Kier molecular flexibility index (Phi) is 3.20. The maximum atomic E-state index is 3.48. The van der Waals surface area contributed by atoms with Gasteiger partial charge in [-0.15, -0.1) is 0 Å². The molecule has 0 radical (unpaired) electrons. The molecule has 0 spiro atoms. The maximum absolute atomic E-state index is 3.48. The van der Waals surface area contributed by atoms with Gasteiger partial charge in [-0.3, -0.25) is 0 Å². The Labute approximate surface area is 64.2 Å². The molecule has 1 saturated heterocycles. The van der Waals surface area contributed by atoms with Crippen LogP contribution in [0.2, 0.25) is 0 Å². The van der Waals surface area contributed by atoms with Gasteiger partial charge in [0.1, 0.15) is 0 Å². The molecule has 60 valence electrons. The van der Waals surface area contributed by atoms with Gasteiger partial charge in [0.2, 0.25) is 0 Å². The average Bonchev–Trinajstić information content (AvgIpc) is 2.12. The van der Waals surface area contributed by atoms with Crippen LogP contribution in [0, 0.1) is 11.8 Å². The standard InChI is InChI=1S/C9H19N/c1-8(2)9-5-3-4-6-10-7-9/h8-10H,3-7H2,1-2H3/t9-/m1/s1. The molecule has 1 aliphatic rings. The second-order valence-corrected chi connectivity index (χ2v) is 3.70. The first-order valence-electron chi connectivity index (χ1n) is 4.51. The fourth-order valence-corrected chi connectivity index (χ4v) is 1.62. The average molecular weight is 141 g/mol. The molecule has 1 fully saturated rings. The van der Waals surface area contributed by atoms with E-state index in [9.17, 15) is 0 Å². The molecule has 0 amide bonds. The first-order valence-corrected chi connectivity index (χ1v) is 4.51. The van der Waals surface area contributed by atoms with Gasteiger partial charge in [0, 0.05) is 0 Å². The minimum atomic E-state index is 0.866. The molecule has 1 aliphatic heterocycles. The second kappa shape index (κ2) is 3.97. The zero-order valence-electron chi connectivity index (χ0n) is 7.19. The molecule has 0 saturated carbocycles. The quantitative estimate of drug-likeness (QED) is 0.589. The van der Waals surface area contributed by atoms with E-state index in [1.807, 2.05) is 0 Å². The van der Waals surface area contributed by atoms with E-state index in [2.05, 4.69) is 19.2 Å². The Balaban J connectivity index is 2.28. The van der Waals surface area contributed by atoms with Gasteiger partial charge in [-0.05, 0) is 37.8 Å². The van der Waals surface area contributed by atoms with Gasteiger partial charge in [-0.1, -0.05) is 20.3 Å². The molecule has 0 aromatic carbocycles. The smallest absolute Gasteiger partial charge is 0.00181 e. The van der Waals surface area contributed by atoms with Crippen molar-refractivity contribution in [3.05, 3.63) is 0 Å². The van der Waals surface area contributed by atoms with Crippen LogP contribution in [0.3, 0.4) is 0 Å². The first kappa shape index (κ1) is 8.06. The molecule has 0 aromatic heterocycles. The third-order valence-corrected chi connectivity index (χ3v) is 2.53. The van der Waals surface area contributed by atoms with Crippen molar-refractivity contribution in [3.63, 3.8) is 0 Å². The third-order valence-electron chi connectivity index (χ3n) is 2.53. The van der Waals surface area contributed by atoms with Gasteiger partial charge >= 0.3 is 0 Å². The highest BCUT2D eigenvalue weighted by molar-refractivity contribution is 4.69. The largest absolute Gasteiger partial charge is 0.316 e. The van der Waals surface area contributed by atoms with Gasteiger partial charge in [0.05, 0.1) is 0 Å². The number of rotatable bonds is 1. The summed E-state index contributed by atoms with van der Waals surface area (Å²) < 4.78 is 0. The van der Waals surface area contributed by atoms with Gasteiger partial charge in [-0.2, -0.15) is 0 Å². The molecular weight excluding hydrogens is 122 g/mol. The maximum Gasteiger partial charge on any atom is -0.00181 e. The van der Waals surface area contributed by atoms with Crippen LogP contribution in [0.1, 0.15) is 33.1 Å². The van der Waals surface area contributed by atoms with Crippen molar-refractivity contribution >= 4 is 0 Å².